The Hall–Kier alpha value is -1.46. The molecule has 0 bridgehead atoms. The van der Waals surface area contributed by atoms with Crippen LogP contribution in [0.5, 0.6) is 0 Å². The molecule has 0 aromatic carbocycles. The first kappa shape index (κ1) is 14.6. The van der Waals surface area contributed by atoms with E-state index in [1.807, 2.05) is 0 Å². The summed E-state index contributed by atoms with van der Waals surface area (Å²) < 4.78 is 43.4. The average Bonchev–Trinajstić information content (AvgIpc) is 2.29. The van der Waals surface area contributed by atoms with Crippen LogP contribution in [-0.2, 0) is 17.5 Å². The lowest BCUT2D eigenvalue weighted by Gasteiger charge is -2.12. The van der Waals surface area contributed by atoms with Gasteiger partial charge in [-0.05, 0) is 17.8 Å². The predicted molar refractivity (Wildman–Crippen MR) is 59.1 cm³/mol. The first-order valence-corrected chi connectivity index (χ1v) is 5.58. The van der Waals surface area contributed by atoms with Crippen molar-refractivity contribution in [3.8, 4) is 5.40 Å². The maximum absolute atomic E-state index is 12.6. The zero-order valence-corrected chi connectivity index (χ0v) is 10.1. The van der Waals surface area contributed by atoms with E-state index in [0.717, 1.165) is 10.8 Å². The van der Waals surface area contributed by atoms with Gasteiger partial charge in [-0.25, -0.2) is 0 Å². The molecule has 0 N–H and O–H groups in total. The molecule has 0 aliphatic heterocycles. The summed E-state index contributed by atoms with van der Waals surface area (Å²) in [6, 6.07) is 0.680. The number of pyridine rings is 1. The molecule has 0 spiro atoms. The van der Waals surface area contributed by atoms with Crippen LogP contribution in [0.25, 0.3) is 0 Å². The predicted octanol–water partition coefficient (Wildman–Crippen LogP) is 2.09. The van der Waals surface area contributed by atoms with Crippen LogP contribution in [-0.4, -0.2) is 18.3 Å². The summed E-state index contributed by atoms with van der Waals surface area (Å²) in [6.45, 7) is 0.107. The summed E-state index contributed by atoms with van der Waals surface area (Å²) in [4.78, 5) is 11.5. The summed E-state index contributed by atoms with van der Waals surface area (Å²) in [5.41, 5.74) is -1.59. The monoisotopic (exact) mass is 278 g/mol. The molecule has 4 nitrogen and oxygen atoms in total. The van der Waals surface area contributed by atoms with Crippen LogP contribution in [0.3, 0.4) is 0 Å². The van der Waals surface area contributed by atoms with E-state index in [1.54, 1.807) is 5.40 Å². The third-order valence-corrected chi connectivity index (χ3v) is 2.68. The van der Waals surface area contributed by atoms with Crippen LogP contribution in [0.4, 0.5) is 13.2 Å². The summed E-state index contributed by atoms with van der Waals surface area (Å²) in [5.74, 6) is 0. The van der Waals surface area contributed by atoms with Crippen molar-refractivity contribution in [2.24, 2.45) is 0 Å². The molecule has 0 aliphatic carbocycles. The molecular weight excluding hydrogens is 269 g/mol. The molecule has 18 heavy (non-hydrogen) atoms. The highest BCUT2D eigenvalue weighted by Crippen LogP contribution is 2.30. The molecule has 0 aliphatic rings. The number of hydrogen-bond donors (Lipinski definition) is 0. The fourth-order valence-electron chi connectivity index (χ4n) is 1.24. The van der Waals surface area contributed by atoms with Gasteiger partial charge in [0.05, 0.1) is 17.1 Å². The Labute approximate surface area is 105 Å². The van der Waals surface area contributed by atoms with Crippen LogP contribution < -0.4 is 5.56 Å². The zero-order valence-electron chi connectivity index (χ0n) is 9.32. The van der Waals surface area contributed by atoms with Crippen molar-refractivity contribution in [3.05, 3.63) is 28.2 Å². The van der Waals surface area contributed by atoms with Gasteiger partial charge in [0.15, 0.2) is 0 Å². The number of aromatic nitrogens is 1. The molecule has 0 fully saturated rings. The van der Waals surface area contributed by atoms with Crippen molar-refractivity contribution in [3.63, 3.8) is 0 Å². The van der Waals surface area contributed by atoms with E-state index >= 15 is 0 Å². The second-order valence-corrected chi connectivity index (χ2v) is 4.10. The van der Waals surface area contributed by atoms with Crippen molar-refractivity contribution >= 4 is 11.8 Å². The zero-order chi connectivity index (χ0) is 13.8. The number of thiocyanates is 1. The maximum atomic E-state index is 12.6. The van der Waals surface area contributed by atoms with Gasteiger partial charge < -0.3 is 9.30 Å². The number of ether oxygens (including phenoxy) is 1. The summed E-state index contributed by atoms with van der Waals surface area (Å²) in [7, 11) is 1.38. The van der Waals surface area contributed by atoms with E-state index < -0.39 is 17.3 Å². The normalized spacial score (nSPS) is 11.3. The van der Waals surface area contributed by atoms with Crippen molar-refractivity contribution < 1.29 is 17.9 Å². The molecule has 0 saturated heterocycles. The standard InChI is InChI=1S/C10H9F3N2O2S/c1-17-3-2-15-5-7(10(11,12)13)4-8(9(15)16)18-6-14/h4-5H,2-3H2,1H3. The van der Waals surface area contributed by atoms with Crippen molar-refractivity contribution in [1.29, 1.82) is 5.26 Å². The van der Waals surface area contributed by atoms with E-state index in [2.05, 4.69) is 0 Å². The Morgan fingerprint density at radius 3 is 2.72 bits per heavy atom. The van der Waals surface area contributed by atoms with Crippen molar-refractivity contribution in [1.82, 2.24) is 4.57 Å². The van der Waals surface area contributed by atoms with E-state index in [0.29, 0.717) is 17.8 Å². The molecule has 1 aromatic rings. The minimum absolute atomic E-state index is 0.00174. The van der Waals surface area contributed by atoms with Gasteiger partial charge in [0.25, 0.3) is 5.56 Å². The minimum Gasteiger partial charge on any atom is -0.383 e. The number of hydrogen-bond acceptors (Lipinski definition) is 4. The van der Waals surface area contributed by atoms with Crippen LogP contribution in [0, 0.1) is 10.7 Å². The molecule has 0 atom stereocenters. The molecule has 98 valence electrons. The topological polar surface area (TPSA) is 55.0 Å². The number of halogens is 3. The largest absolute Gasteiger partial charge is 0.417 e. The van der Waals surface area contributed by atoms with Gasteiger partial charge in [0.2, 0.25) is 0 Å². The highest BCUT2D eigenvalue weighted by atomic mass is 32.2. The van der Waals surface area contributed by atoms with Gasteiger partial charge in [0, 0.05) is 19.9 Å². The van der Waals surface area contributed by atoms with E-state index in [9.17, 15) is 18.0 Å². The molecule has 1 rings (SSSR count). The maximum Gasteiger partial charge on any atom is 0.417 e. The molecule has 0 radical (unpaired) electrons. The van der Waals surface area contributed by atoms with Crippen LogP contribution in [0.15, 0.2) is 22.0 Å². The Balaban J connectivity index is 3.29. The Morgan fingerprint density at radius 2 is 2.22 bits per heavy atom. The number of rotatable bonds is 4. The molecule has 0 amide bonds. The van der Waals surface area contributed by atoms with Crippen LogP contribution in [0.1, 0.15) is 5.56 Å². The first-order valence-electron chi connectivity index (χ1n) is 4.76. The Morgan fingerprint density at radius 1 is 1.56 bits per heavy atom. The molecule has 1 aromatic heterocycles. The van der Waals surface area contributed by atoms with Gasteiger partial charge in [-0.2, -0.15) is 18.4 Å². The Kier molecular flexibility index (Phi) is 4.81. The van der Waals surface area contributed by atoms with Crippen molar-refractivity contribution in [2.75, 3.05) is 13.7 Å². The van der Waals surface area contributed by atoms with Gasteiger partial charge >= 0.3 is 6.18 Å². The lowest BCUT2D eigenvalue weighted by atomic mass is 10.2. The smallest absolute Gasteiger partial charge is 0.383 e. The Bertz CT molecular complexity index is 519. The molecule has 0 unspecified atom stereocenters. The highest BCUT2D eigenvalue weighted by molar-refractivity contribution is 8.03. The third kappa shape index (κ3) is 3.51. The second-order valence-electron chi connectivity index (χ2n) is 3.28. The molecule has 8 heteroatoms. The van der Waals surface area contributed by atoms with Crippen LogP contribution >= 0.6 is 11.8 Å². The highest BCUT2D eigenvalue weighted by Gasteiger charge is 2.32. The van der Waals surface area contributed by atoms with E-state index in [1.165, 1.54) is 7.11 Å². The van der Waals surface area contributed by atoms with Gasteiger partial charge in [-0.1, -0.05) is 0 Å². The SMILES string of the molecule is COCCn1cc(C(F)(F)F)cc(SC#N)c1=O. The number of alkyl halides is 3. The fraction of sp³-hybridized carbons (Fsp3) is 0.400. The summed E-state index contributed by atoms with van der Waals surface area (Å²) in [5, 5.41) is 10.1. The first-order chi connectivity index (χ1) is 8.40. The average molecular weight is 278 g/mol. The fourth-order valence-corrected chi connectivity index (χ4v) is 1.73. The number of thioether (sulfide) groups is 1. The van der Waals surface area contributed by atoms with Crippen molar-refractivity contribution in [2.45, 2.75) is 17.6 Å². The molecule has 0 saturated carbocycles. The lowest BCUT2D eigenvalue weighted by Crippen LogP contribution is -2.25. The van der Waals surface area contributed by atoms with Crippen LogP contribution in [0.2, 0.25) is 0 Å². The number of nitriles is 1. The third-order valence-electron chi connectivity index (χ3n) is 2.07. The van der Waals surface area contributed by atoms with Gasteiger partial charge in [-0.15, -0.1) is 0 Å². The van der Waals surface area contributed by atoms with E-state index in [4.69, 9.17) is 10.00 Å². The second kappa shape index (κ2) is 5.93. The quantitative estimate of drug-likeness (QED) is 0.625. The summed E-state index contributed by atoms with van der Waals surface area (Å²) >= 11 is 0.411. The van der Waals surface area contributed by atoms with Gasteiger partial charge in [-0.3, -0.25) is 4.79 Å². The summed E-state index contributed by atoms with van der Waals surface area (Å²) in [6.07, 6.45) is -3.84. The number of nitrogens with zero attached hydrogens (tertiary/aromatic N) is 2. The number of methoxy groups -OCH3 is 1. The molecule has 1 heterocycles. The van der Waals surface area contributed by atoms with E-state index in [-0.39, 0.29) is 18.0 Å². The lowest BCUT2D eigenvalue weighted by molar-refractivity contribution is -0.138. The van der Waals surface area contributed by atoms with Gasteiger partial charge in [0.1, 0.15) is 5.40 Å². The minimum atomic E-state index is -4.56. The molecular formula is C10H9F3N2O2S.